The van der Waals surface area contributed by atoms with Crippen molar-refractivity contribution in [3.8, 4) is 0 Å². The number of hydrogen-bond donors (Lipinski definition) is 2. The van der Waals surface area contributed by atoms with Crippen molar-refractivity contribution in [3.63, 3.8) is 0 Å². The van der Waals surface area contributed by atoms with Gasteiger partial charge in [-0.05, 0) is 24.3 Å². The van der Waals surface area contributed by atoms with Gasteiger partial charge in [-0.1, -0.05) is 0 Å². The Morgan fingerprint density at radius 1 is 1.17 bits per heavy atom. The van der Waals surface area contributed by atoms with Gasteiger partial charge >= 0.3 is 11.9 Å². The van der Waals surface area contributed by atoms with Gasteiger partial charge in [0.05, 0.1) is 14.1 Å². The third-order valence-electron chi connectivity index (χ3n) is 3.32. The van der Waals surface area contributed by atoms with Gasteiger partial charge in [0.25, 0.3) is 10.0 Å². The van der Waals surface area contributed by atoms with Crippen LogP contribution in [0, 0.1) is 0 Å². The second-order valence-electron chi connectivity index (χ2n) is 5.27. The minimum atomic E-state index is -4.09. The molecule has 1 unspecified atom stereocenters. The SMILES string of the molecule is CC(=O)Nc1ccc(NS(=O)(=O)C2C=[N+](C)C(=O)N(C)C2=O)cc1. The summed E-state index contributed by atoms with van der Waals surface area (Å²) in [6, 6.07) is 5.34. The quantitative estimate of drug-likeness (QED) is 0.743. The van der Waals surface area contributed by atoms with Gasteiger partial charge in [-0.3, -0.25) is 9.52 Å². The normalized spacial score (nSPS) is 18.2. The Morgan fingerprint density at radius 2 is 1.71 bits per heavy atom. The molecule has 2 rings (SSSR count). The maximum Gasteiger partial charge on any atom is 0.500 e. The van der Waals surface area contributed by atoms with Crippen molar-refractivity contribution in [1.82, 2.24) is 4.90 Å². The van der Waals surface area contributed by atoms with Crippen molar-refractivity contribution in [2.24, 2.45) is 0 Å². The van der Waals surface area contributed by atoms with Crippen LogP contribution in [-0.2, 0) is 19.6 Å². The van der Waals surface area contributed by atoms with E-state index in [9.17, 15) is 22.8 Å². The molecule has 2 N–H and O–H groups in total. The molecule has 9 nitrogen and oxygen atoms in total. The molecule has 0 aliphatic carbocycles. The van der Waals surface area contributed by atoms with Crippen LogP contribution in [0.1, 0.15) is 6.92 Å². The van der Waals surface area contributed by atoms with Crippen LogP contribution in [-0.4, -0.2) is 61.3 Å². The number of benzene rings is 1. The monoisotopic (exact) mass is 353 g/mol. The lowest BCUT2D eigenvalue weighted by atomic mass is 10.3. The molecule has 0 fully saturated rings. The topological polar surface area (TPSA) is 116 Å². The molecule has 0 saturated carbocycles. The third-order valence-corrected chi connectivity index (χ3v) is 4.83. The van der Waals surface area contributed by atoms with Crippen molar-refractivity contribution in [2.45, 2.75) is 12.2 Å². The molecule has 10 heteroatoms. The molecule has 0 saturated heterocycles. The predicted octanol–water partition coefficient (Wildman–Crippen LogP) is 0.0604. The smallest absolute Gasteiger partial charge is 0.326 e. The molecule has 0 bridgehead atoms. The fourth-order valence-electron chi connectivity index (χ4n) is 2.12. The number of nitrogens with zero attached hydrogens (tertiary/aromatic N) is 2. The molecule has 1 heterocycles. The number of anilines is 2. The van der Waals surface area contributed by atoms with Crippen LogP contribution < -0.4 is 10.0 Å². The summed E-state index contributed by atoms with van der Waals surface area (Å²) in [7, 11) is -1.50. The fraction of sp³-hybridized carbons (Fsp3) is 0.286. The van der Waals surface area contributed by atoms with Crippen molar-refractivity contribution in [1.29, 1.82) is 0 Å². The van der Waals surface area contributed by atoms with Crippen LogP contribution in [0.5, 0.6) is 0 Å². The van der Waals surface area contributed by atoms with Gasteiger partial charge in [0, 0.05) is 18.3 Å². The first-order valence-electron chi connectivity index (χ1n) is 6.90. The Morgan fingerprint density at radius 3 is 2.25 bits per heavy atom. The molecule has 0 radical (unpaired) electrons. The number of carbonyl (C=O) groups is 3. The predicted molar refractivity (Wildman–Crippen MR) is 87.5 cm³/mol. The van der Waals surface area contributed by atoms with Gasteiger partial charge in [-0.25, -0.2) is 17.8 Å². The maximum atomic E-state index is 12.4. The molecule has 128 valence electrons. The van der Waals surface area contributed by atoms with Gasteiger partial charge in [-0.15, -0.1) is 0 Å². The molecule has 24 heavy (non-hydrogen) atoms. The summed E-state index contributed by atoms with van der Waals surface area (Å²) in [5.41, 5.74) is 0.739. The molecule has 0 spiro atoms. The lowest BCUT2D eigenvalue weighted by Gasteiger charge is -2.20. The summed E-state index contributed by atoms with van der Waals surface area (Å²) in [4.78, 5) is 35.4. The van der Waals surface area contributed by atoms with Crippen LogP contribution in [0.3, 0.4) is 0 Å². The zero-order valence-electron chi connectivity index (χ0n) is 13.3. The molecular formula is C14H17N4O5S+. The molecule has 1 aliphatic heterocycles. The van der Waals surface area contributed by atoms with Gasteiger partial charge < -0.3 is 5.32 Å². The van der Waals surface area contributed by atoms with Crippen LogP contribution in [0.15, 0.2) is 24.3 Å². The summed E-state index contributed by atoms with van der Waals surface area (Å²) in [5, 5.41) is 1.04. The van der Waals surface area contributed by atoms with E-state index in [0.29, 0.717) is 5.69 Å². The van der Waals surface area contributed by atoms with Gasteiger partial charge in [0.15, 0.2) is 0 Å². The van der Waals surface area contributed by atoms with Crippen molar-refractivity contribution >= 4 is 45.5 Å². The zero-order chi connectivity index (χ0) is 18.1. The average Bonchev–Trinajstić information content (AvgIpc) is 2.50. The molecule has 1 aromatic rings. The molecule has 1 atom stereocenters. The molecule has 1 aromatic carbocycles. The van der Waals surface area contributed by atoms with E-state index in [4.69, 9.17) is 0 Å². The van der Waals surface area contributed by atoms with E-state index in [1.54, 1.807) is 0 Å². The molecule has 0 aromatic heterocycles. The maximum absolute atomic E-state index is 12.4. The highest BCUT2D eigenvalue weighted by Gasteiger charge is 2.46. The summed E-state index contributed by atoms with van der Waals surface area (Å²) >= 11 is 0. The van der Waals surface area contributed by atoms with E-state index in [1.165, 1.54) is 45.3 Å². The van der Waals surface area contributed by atoms with E-state index >= 15 is 0 Å². The number of urea groups is 1. The Balaban J connectivity index is 2.23. The second-order valence-corrected chi connectivity index (χ2v) is 7.07. The molecular weight excluding hydrogens is 336 g/mol. The Labute approximate surface area is 139 Å². The lowest BCUT2D eigenvalue weighted by Crippen LogP contribution is -2.54. The minimum Gasteiger partial charge on any atom is -0.326 e. The fourth-order valence-corrected chi connectivity index (χ4v) is 3.48. The third kappa shape index (κ3) is 3.59. The summed E-state index contributed by atoms with van der Waals surface area (Å²) < 4.78 is 28.2. The van der Waals surface area contributed by atoms with E-state index in [-0.39, 0.29) is 11.6 Å². The van der Waals surface area contributed by atoms with E-state index in [1.807, 2.05) is 0 Å². The largest absolute Gasteiger partial charge is 0.500 e. The number of amides is 4. The van der Waals surface area contributed by atoms with Gasteiger partial charge in [0.1, 0.15) is 6.21 Å². The Hall–Kier alpha value is -2.75. The van der Waals surface area contributed by atoms with Crippen molar-refractivity contribution in [3.05, 3.63) is 24.3 Å². The Bertz CT molecular complexity index is 829. The van der Waals surface area contributed by atoms with Crippen molar-refractivity contribution in [2.75, 3.05) is 24.1 Å². The second kappa shape index (κ2) is 6.40. The number of carbonyl (C=O) groups excluding carboxylic acids is 3. The average molecular weight is 353 g/mol. The Kier molecular flexibility index (Phi) is 4.69. The summed E-state index contributed by atoms with van der Waals surface area (Å²) in [6.45, 7) is 1.36. The first-order chi connectivity index (χ1) is 11.1. The minimum absolute atomic E-state index is 0.229. The number of hydrogen-bond acceptors (Lipinski definition) is 5. The number of nitrogens with one attached hydrogen (secondary N) is 2. The van der Waals surface area contributed by atoms with Crippen molar-refractivity contribution < 1.29 is 27.4 Å². The van der Waals surface area contributed by atoms with Crippen LogP contribution in [0.25, 0.3) is 0 Å². The van der Waals surface area contributed by atoms with E-state index in [0.717, 1.165) is 15.7 Å². The number of imide groups is 1. The van der Waals surface area contributed by atoms with Gasteiger partial charge in [-0.2, -0.15) is 9.69 Å². The highest BCUT2D eigenvalue weighted by molar-refractivity contribution is 7.94. The van der Waals surface area contributed by atoms with Gasteiger partial charge in [0.2, 0.25) is 11.2 Å². The van der Waals surface area contributed by atoms with E-state index < -0.39 is 27.2 Å². The first kappa shape index (κ1) is 17.6. The highest BCUT2D eigenvalue weighted by atomic mass is 32.2. The number of sulfonamides is 1. The highest BCUT2D eigenvalue weighted by Crippen LogP contribution is 2.17. The summed E-state index contributed by atoms with van der Waals surface area (Å²) in [6.07, 6.45) is 1.05. The molecule has 4 amide bonds. The molecule has 1 aliphatic rings. The van der Waals surface area contributed by atoms with Crippen LogP contribution in [0.4, 0.5) is 16.2 Å². The first-order valence-corrected chi connectivity index (χ1v) is 8.45. The van der Waals surface area contributed by atoms with E-state index in [2.05, 4.69) is 10.0 Å². The zero-order valence-corrected chi connectivity index (χ0v) is 14.1. The standard InChI is InChI=1S/C14H16N4O5S/c1-9(19)15-10-4-6-11(7-5-10)16-24(22,23)12-8-17(2)14(21)18(3)13(12)20/h4-8,12,16H,1-3H3/p+1. The van der Waals surface area contributed by atoms with Crippen LogP contribution in [0.2, 0.25) is 0 Å². The summed E-state index contributed by atoms with van der Waals surface area (Å²) in [5.74, 6) is -1.08. The number of rotatable bonds is 4. The van der Waals surface area contributed by atoms with Crippen LogP contribution >= 0.6 is 0 Å². The lowest BCUT2D eigenvalue weighted by molar-refractivity contribution is -0.399.